The van der Waals surface area contributed by atoms with Crippen LogP contribution in [0.4, 0.5) is 5.69 Å². The largest absolute Gasteiger partial charge is 0.359 e. The lowest BCUT2D eigenvalue weighted by Gasteiger charge is -2.33. The van der Waals surface area contributed by atoms with Gasteiger partial charge in [0.15, 0.2) is 0 Å². The van der Waals surface area contributed by atoms with Crippen LogP contribution < -0.4 is 5.32 Å². The molecule has 0 aliphatic heterocycles. The maximum Gasteiger partial charge on any atom is 0.266 e. The van der Waals surface area contributed by atoms with Crippen molar-refractivity contribution in [2.24, 2.45) is 5.92 Å². The minimum Gasteiger partial charge on any atom is -0.359 e. The molecule has 1 saturated carbocycles. The molecular formula is C13H17N3O3S. The van der Waals surface area contributed by atoms with E-state index in [1.54, 1.807) is 6.20 Å². The first kappa shape index (κ1) is 13.4. The van der Waals surface area contributed by atoms with E-state index in [1.165, 1.54) is 0 Å². The van der Waals surface area contributed by atoms with E-state index in [0.717, 1.165) is 42.1 Å². The molecule has 2 aromatic rings. The summed E-state index contributed by atoms with van der Waals surface area (Å²) in [6.07, 6.45) is 5.41. The molecule has 1 aliphatic carbocycles. The minimum atomic E-state index is -3.48. The third-order valence-electron chi connectivity index (χ3n) is 3.61. The normalized spacial score (nSPS) is 17.9. The third kappa shape index (κ3) is 2.94. The number of nitrogens with zero attached hydrogens (tertiary/aromatic N) is 1. The second-order valence-corrected chi connectivity index (χ2v) is 6.83. The van der Waals surface area contributed by atoms with Crippen molar-refractivity contribution < 1.29 is 12.6 Å². The molecule has 2 N–H and O–H groups in total. The number of benzene rings is 1. The van der Waals surface area contributed by atoms with Gasteiger partial charge in [-0.25, -0.2) is 4.18 Å². The highest BCUT2D eigenvalue weighted by atomic mass is 32.2. The molecule has 0 amide bonds. The predicted octanol–water partition coefficient (Wildman–Crippen LogP) is 2.08. The lowest BCUT2D eigenvalue weighted by Crippen LogP contribution is -2.37. The topological polar surface area (TPSA) is 84.1 Å². The van der Waals surface area contributed by atoms with E-state index < -0.39 is 16.3 Å². The Morgan fingerprint density at radius 2 is 2.25 bits per heavy atom. The second-order valence-electron chi connectivity index (χ2n) is 5.23. The molecule has 20 heavy (non-hydrogen) atoms. The molecule has 1 unspecified atom stereocenters. The summed E-state index contributed by atoms with van der Waals surface area (Å²) in [6.45, 7) is 0. The van der Waals surface area contributed by atoms with Gasteiger partial charge in [-0.05, 0) is 31.0 Å². The Hall–Kier alpha value is -1.60. The number of aromatic nitrogens is 2. The van der Waals surface area contributed by atoms with Crippen LogP contribution in [0, 0.1) is 5.92 Å². The highest BCUT2D eigenvalue weighted by Crippen LogP contribution is 2.32. The van der Waals surface area contributed by atoms with Crippen LogP contribution in [-0.2, 0) is 14.3 Å². The highest BCUT2D eigenvalue weighted by Gasteiger charge is 2.30. The number of hydrogen-bond acceptors (Lipinski definition) is 5. The van der Waals surface area contributed by atoms with E-state index in [9.17, 15) is 8.42 Å². The summed E-state index contributed by atoms with van der Waals surface area (Å²) in [7, 11) is -3.48. The molecule has 1 fully saturated rings. The van der Waals surface area contributed by atoms with Gasteiger partial charge in [0, 0.05) is 17.0 Å². The van der Waals surface area contributed by atoms with Crippen LogP contribution in [0.25, 0.3) is 10.9 Å². The standard InChI is InChI=1S/C13H17N3O3S/c1-20(17,18)19-13(9-3-2-4-9)15-11-5-6-12-10(7-11)8-14-16-12/h5-9,13,15H,2-4H2,1H3,(H,14,16). The van der Waals surface area contributed by atoms with Crippen LogP contribution in [0.2, 0.25) is 0 Å². The summed E-state index contributed by atoms with van der Waals surface area (Å²) in [5.74, 6) is 0.241. The smallest absolute Gasteiger partial charge is 0.266 e. The lowest BCUT2D eigenvalue weighted by molar-refractivity contribution is 0.113. The molecule has 1 aliphatic rings. The van der Waals surface area contributed by atoms with Crippen molar-refractivity contribution in [3.05, 3.63) is 24.4 Å². The van der Waals surface area contributed by atoms with Crippen molar-refractivity contribution >= 4 is 26.7 Å². The molecule has 108 valence electrons. The molecule has 0 spiro atoms. The zero-order valence-corrected chi connectivity index (χ0v) is 12.0. The van der Waals surface area contributed by atoms with Gasteiger partial charge in [-0.3, -0.25) is 5.10 Å². The first-order chi connectivity index (χ1) is 9.51. The molecular weight excluding hydrogens is 278 g/mol. The molecule has 1 aromatic carbocycles. The summed E-state index contributed by atoms with van der Waals surface area (Å²) in [4.78, 5) is 0. The summed E-state index contributed by atoms with van der Waals surface area (Å²) >= 11 is 0. The summed E-state index contributed by atoms with van der Waals surface area (Å²) in [6, 6.07) is 5.72. The van der Waals surface area contributed by atoms with Gasteiger partial charge < -0.3 is 5.32 Å². The van der Waals surface area contributed by atoms with E-state index in [4.69, 9.17) is 4.18 Å². The quantitative estimate of drug-likeness (QED) is 0.651. The Morgan fingerprint density at radius 3 is 2.90 bits per heavy atom. The molecule has 1 aromatic heterocycles. The van der Waals surface area contributed by atoms with Crippen LogP contribution in [0.15, 0.2) is 24.4 Å². The van der Waals surface area contributed by atoms with Gasteiger partial charge in [0.2, 0.25) is 0 Å². The van der Waals surface area contributed by atoms with Crippen LogP contribution >= 0.6 is 0 Å². The monoisotopic (exact) mass is 295 g/mol. The molecule has 0 bridgehead atoms. The van der Waals surface area contributed by atoms with Crippen molar-refractivity contribution in [2.45, 2.75) is 25.5 Å². The van der Waals surface area contributed by atoms with Crippen molar-refractivity contribution in [3.63, 3.8) is 0 Å². The Morgan fingerprint density at radius 1 is 1.45 bits per heavy atom. The van der Waals surface area contributed by atoms with Crippen molar-refractivity contribution in [1.82, 2.24) is 10.2 Å². The zero-order chi connectivity index (χ0) is 14.2. The van der Waals surface area contributed by atoms with Crippen molar-refractivity contribution in [2.75, 3.05) is 11.6 Å². The van der Waals surface area contributed by atoms with Crippen LogP contribution in [0.5, 0.6) is 0 Å². The SMILES string of the molecule is CS(=O)(=O)OC(Nc1ccc2[nH]ncc2c1)C1CCC1. The molecule has 1 heterocycles. The molecule has 3 rings (SSSR count). The van der Waals surface area contributed by atoms with E-state index in [1.807, 2.05) is 18.2 Å². The number of fused-ring (bicyclic) bond motifs is 1. The molecule has 0 saturated heterocycles. The van der Waals surface area contributed by atoms with Gasteiger partial charge in [0.1, 0.15) is 6.23 Å². The Bertz CT molecular complexity index is 706. The van der Waals surface area contributed by atoms with Crippen LogP contribution in [0.1, 0.15) is 19.3 Å². The van der Waals surface area contributed by atoms with Crippen LogP contribution in [0.3, 0.4) is 0 Å². The molecule has 6 nitrogen and oxygen atoms in total. The fourth-order valence-electron chi connectivity index (χ4n) is 2.35. The van der Waals surface area contributed by atoms with Crippen molar-refractivity contribution in [3.8, 4) is 0 Å². The zero-order valence-electron chi connectivity index (χ0n) is 11.2. The first-order valence-corrected chi connectivity index (χ1v) is 8.41. The molecule has 7 heteroatoms. The van der Waals surface area contributed by atoms with E-state index in [-0.39, 0.29) is 5.92 Å². The summed E-state index contributed by atoms with van der Waals surface area (Å²) in [5.41, 5.74) is 1.78. The van der Waals surface area contributed by atoms with E-state index in [2.05, 4.69) is 15.5 Å². The fraction of sp³-hybridized carbons (Fsp3) is 0.462. The van der Waals surface area contributed by atoms with Gasteiger partial charge in [-0.1, -0.05) is 6.42 Å². The number of rotatable bonds is 5. The van der Waals surface area contributed by atoms with Crippen molar-refractivity contribution in [1.29, 1.82) is 0 Å². The number of anilines is 1. The van der Waals surface area contributed by atoms with Gasteiger partial charge in [0.25, 0.3) is 10.1 Å². The lowest BCUT2D eigenvalue weighted by atomic mass is 9.84. The Labute approximate surface area is 117 Å². The minimum absolute atomic E-state index is 0.241. The third-order valence-corrected chi connectivity index (χ3v) is 4.16. The maximum absolute atomic E-state index is 11.4. The van der Waals surface area contributed by atoms with Gasteiger partial charge in [-0.15, -0.1) is 0 Å². The summed E-state index contributed by atoms with van der Waals surface area (Å²) < 4.78 is 27.9. The predicted molar refractivity (Wildman–Crippen MR) is 76.8 cm³/mol. The van der Waals surface area contributed by atoms with E-state index in [0.29, 0.717) is 0 Å². The first-order valence-electron chi connectivity index (χ1n) is 6.59. The van der Waals surface area contributed by atoms with Crippen LogP contribution in [-0.4, -0.2) is 31.1 Å². The number of H-pyrrole nitrogens is 1. The maximum atomic E-state index is 11.4. The van der Waals surface area contributed by atoms with Gasteiger partial charge >= 0.3 is 0 Å². The van der Waals surface area contributed by atoms with Gasteiger partial charge in [0.05, 0.1) is 18.0 Å². The Kier molecular flexibility index (Phi) is 3.39. The second kappa shape index (κ2) is 5.06. The number of aromatic amines is 1. The summed E-state index contributed by atoms with van der Waals surface area (Å²) in [5, 5.41) is 11.0. The fourth-order valence-corrected chi connectivity index (χ4v) is 2.93. The number of nitrogens with one attached hydrogen (secondary N) is 2. The van der Waals surface area contributed by atoms with Gasteiger partial charge in [-0.2, -0.15) is 13.5 Å². The highest BCUT2D eigenvalue weighted by molar-refractivity contribution is 7.86. The molecule has 0 radical (unpaired) electrons. The van der Waals surface area contributed by atoms with E-state index >= 15 is 0 Å². The number of hydrogen-bond donors (Lipinski definition) is 2. The Balaban J connectivity index is 1.80. The molecule has 1 atom stereocenters. The average Bonchev–Trinajstić information content (AvgIpc) is 2.71. The average molecular weight is 295 g/mol.